The van der Waals surface area contributed by atoms with Gasteiger partial charge in [0.15, 0.2) is 17.3 Å². The molecule has 3 aromatic rings. The van der Waals surface area contributed by atoms with Gasteiger partial charge in [0.1, 0.15) is 6.07 Å². The Bertz CT molecular complexity index is 1080. The van der Waals surface area contributed by atoms with Crippen LogP contribution in [0, 0.1) is 11.3 Å². The molecular weight excluding hydrogens is 330 g/mol. The molecule has 0 spiro atoms. The van der Waals surface area contributed by atoms with E-state index in [4.69, 9.17) is 9.47 Å². The Balaban J connectivity index is 2.15. The monoisotopic (exact) mass is 347 g/mol. The maximum Gasteiger partial charge on any atom is 0.259 e. The van der Waals surface area contributed by atoms with E-state index in [0.29, 0.717) is 34.6 Å². The van der Waals surface area contributed by atoms with E-state index in [1.54, 1.807) is 42.5 Å². The minimum Gasteiger partial charge on any atom is -0.492 e. The zero-order valence-electron chi connectivity index (χ0n) is 14.4. The van der Waals surface area contributed by atoms with Crippen molar-refractivity contribution < 1.29 is 9.47 Å². The van der Waals surface area contributed by atoms with Gasteiger partial charge in [0.05, 0.1) is 30.2 Å². The lowest BCUT2D eigenvalue weighted by Crippen LogP contribution is -2.11. The first kappa shape index (κ1) is 17.2. The van der Waals surface area contributed by atoms with Gasteiger partial charge in [-0.2, -0.15) is 5.26 Å². The highest BCUT2D eigenvalue weighted by Gasteiger charge is 2.12. The van der Waals surface area contributed by atoms with Crippen LogP contribution in [0.2, 0.25) is 0 Å². The number of para-hydroxylation sites is 2. The van der Waals surface area contributed by atoms with Gasteiger partial charge in [-0.3, -0.25) is 4.79 Å². The van der Waals surface area contributed by atoms with Gasteiger partial charge < -0.3 is 14.5 Å². The number of rotatable bonds is 5. The Labute approximate surface area is 150 Å². The Morgan fingerprint density at radius 2 is 2.08 bits per heavy atom. The van der Waals surface area contributed by atoms with Gasteiger partial charge in [-0.25, -0.2) is 4.98 Å². The van der Waals surface area contributed by atoms with Crippen molar-refractivity contribution in [2.24, 2.45) is 0 Å². The maximum atomic E-state index is 12.3. The number of aromatic nitrogens is 2. The summed E-state index contributed by atoms with van der Waals surface area (Å²) >= 11 is 0. The van der Waals surface area contributed by atoms with Crippen LogP contribution in [0.5, 0.6) is 11.5 Å². The zero-order chi connectivity index (χ0) is 18.5. The van der Waals surface area contributed by atoms with Crippen molar-refractivity contribution in [2.45, 2.75) is 6.92 Å². The van der Waals surface area contributed by atoms with Crippen LogP contribution in [-0.4, -0.2) is 23.7 Å². The van der Waals surface area contributed by atoms with Crippen molar-refractivity contribution in [2.75, 3.05) is 13.7 Å². The van der Waals surface area contributed by atoms with Crippen LogP contribution >= 0.6 is 0 Å². The van der Waals surface area contributed by atoms with E-state index in [-0.39, 0.29) is 17.0 Å². The summed E-state index contributed by atoms with van der Waals surface area (Å²) < 4.78 is 11.0. The molecule has 0 aliphatic heterocycles. The molecule has 26 heavy (non-hydrogen) atoms. The van der Waals surface area contributed by atoms with Crippen molar-refractivity contribution in [3.63, 3.8) is 0 Å². The number of ether oxygens (including phenoxy) is 2. The van der Waals surface area contributed by atoms with E-state index in [2.05, 4.69) is 16.0 Å². The Morgan fingerprint density at radius 3 is 2.81 bits per heavy atom. The van der Waals surface area contributed by atoms with E-state index >= 15 is 0 Å². The molecule has 0 fully saturated rings. The first-order valence-corrected chi connectivity index (χ1v) is 8.09. The summed E-state index contributed by atoms with van der Waals surface area (Å²) in [6.07, 6.45) is 1.62. The molecule has 0 unspecified atom stereocenters. The number of hydrogen-bond acceptors (Lipinski definition) is 5. The molecule has 0 atom stereocenters. The van der Waals surface area contributed by atoms with Gasteiger partial charge >= 0.3 is 0 Å². The molecule has 1 aromatic heterocycles. The quantitative estimate of drug-likeness (QED) is 0.715. The fourth-order valence-corrected chi connectivity index (χ4v) is 2.66. The molecule has 130 valence electrons. The number of nitrogens with zero attached hydrogens (tertiary/aromatic N) is 2. The number of H-pyrrole nitrogens is 1. The Kier molecular flexibility index (Phi) is 4.99. The van der Waals surface area contributed by atoms with Crippen LogP contribution in [0.1, 0.15) is 18.3 Å². The second-order valence-corrected chi connectivity index (χ2v) is 5.41. The van der Waals surface area contributed by atoms with Gasteiger partial charge in [-0.05, 0) is 31.2 Å². The molecule has 3 rings (SSSR count). The zero-order valence-corrected chi connectivity index (χ0v) is 14.4. The summed E-state index contributed by atoms with van der Waals surface area (Å²) in [6, 6.07) is 14.5. The number of nitrogens with one attached hydrogen (secondary N) is 1. The van der Waals surface area contributed by atoms with Crippen LogP contribution in [0.25, 0.3) is 22.6 Å². The second-order valence-electron chi connectivity index (χ2n) is 5.41. The number of fused-ring (bicyclic) bond motifs is 1. The highest BCUT2D eigenvalue weighted by molar-refractivity contribution is 5.90. The lowest BCUT2D eigenvalue weighted by Gasteiger charge is -2.12. The van der Waals surface area contributed by atoms with E-state index in [9.17, 15) is 10.1 Å². The van der Waals surface area contributed by atoms with E-state index in [0.717, 1.165) is 0 Å². The number of allylic oxidation sites excluding steroid dienone is 1. The first-order valence-electron chi connectivity index (χ1n) is 8.09. The summed E-state index contributed by atoms with van der Waals surface area (Å²) in [5.74, 6) is 1.31. The van der Waals surface area contributed by atoms with E-state index in [1.165, 1.54) is 7.11 Å². The predicted molar refractivity (Wildman–Crippen MR) is 100 cm³/mol. The molecule has 0 aliphatic carbocycles. The topological polar surface area (TPSA) is 88.0 Å². The van der Waals surface area contributed by atoms with Crippen molar-refractivity contribution >= 4 is 22.6 Å². The highest BCUT2D eigenvalue weighted by Crippen LogP contribution is 2.33. The molecule has 6 heteroatoms. The van der Waals surface area contributed by atoms with Crippen molar-refractivity contribution in [3.8, 4) is 17.6 Å². The van der Waals surface area contributed by atoms with Crippen LogP contribution in [0.4, 0.5) is 0 Å². The van der Waals surface area contributed by atoms with Gasteiger partial charge in [0.2, 0.25) is 0 Å². The van der Waals surface area contributed by atoms with Gasteiger partial charge in [0, 0.05) is 5.56 Å². The van der Waals surface area contributed by atoms with Crippen molar-refractivity contribution in [1.82, 2.24) is 9.97 Å². The molecule has 0 aliphatic rings. The number of benzene rings is 2. The molecule has 6 nitrogen and oxygen atoms in total. The third-order valence-corrected chi connectivity index (χ3v) is 3.80. The summed E-state index contributed by atoms with van der Waals surface area (Å²) in [7, 11) is 1.54. The van der Waals surface area contributed by atoms with Crippen LogP contribution in [-0.2, 0) is 0 Å². The summed E-state index contributed by atoms with van der Waals surface area (Å²) in [6.45, 7) is 2.38. The third kappa shape index (κ3) is 3.28. The summed E-state index contributed by atoms with van der Waals surface area (Å²) in [5, 5.41) is 10.1. The SMILES string of the molecule is CCOc1cccc(/C=C(/C#N)c2nc3ccccc3c(=O)[nH]2)c1OC. The molecule has 0 amide bonds. The molecule has 0 radical (unpaired) electrons. The number of hydrogen-bond donors (Lipinski definition) is 1. The lowest BCUT2D eigenvalue weighted by molar-refractivity contribution is 0.310. The Hall–Kier alpha value is -3.59. The lowest BCUT2D eigenvalue weighted by atomic mass is 10.1. The molecule has 0 saturated carbocycles. The van der Waals surface area contributed by atoms with Gasteiger partial charge in [-0.1, -0.05) is 24.3 Å². The smallest absolute Gasteiger partial charge is 0.259 e. The largest absolute Gasteiger partial charge is 0.492 e. The van der Waals surface area contributed by atoms with E-state index < -0.39 is 0 Å². The van der Waals surface area contributed by atoms with Crippen molar-refractivity contribution in [3.05, 3.63) is 64.2 Å². The third-order valence-electron chi connectivity index (χ3n) is 3.80. The average Bonchev–Trinajstić information content (AvgIpc) is 2.66. The molecule has 0 bridgehead atoms. The second kappa shape index (κ2) is 7.53. The van der Waals surface area contributed by atoms with Crippen molar-refractivity contribution in [1.29, 1.82) is 5.26 Å². The van der Waals surface area contributed by atoms with Crippen LogP contribution in [0.3, 0.4) is 0 Å². The summed E-state index contributed by atoms with van der Waals surface area (Å²) in [4.78, 5) is 19.3. The fourth-order valence-electron chi connectivity index (χ4n) is 2.66. The number of methoxy groups -OCH3 is 1. The maximum absolute atomic E-state index is 12.3. The number of nitriles is 1. The summed E-state index contributed by atoms with van der Waals surface area (Å²) in [5.41, 5.74) is 1.12. The van der Waals surface area contributed by atoms with Crippen LogP contribution < -0.4 is 15.0 Å². The average molecular weight is 347 g/mol. The normalized spacial score (nSPS) is 11.2. The van der Waals surface area contributed by atoms with Crippen LogP contribution in [0.15, 0.2) is 47.3 Å². The molecular formula is C20H17N3O3. The van der Waals surface area contributed by atoms with Gasteiger partial charge in [0.25, 0.3) is 5.56 Å². The minimum atomic E-state index is -0.290. The van der Waals surface area contributed by atoms with E-state index in [1.807, 2.05) is 13.0 Å². The standard InChI is InChI=1S/C20H17N3O3/c1-3-26-17-10-6-7-13(18(17)25-2)11-14(12-21)19-22-16-9-5-4-8-15(16)20(24)23-19/h4-11H,3H2,1-2H3,(H,22,23,24)/b14-11-. The number of aromatic amines is 1. The molecule has 0 saturated heterocycles. The Morgan fingerprint density at radius 1 is 1.27 bits per heavy atom. The minimum absolute atomic E-state index is 0.208. The predicted octanol–water partition coefficient (Wildman–Crippen LogP) is 3.39. The molecule has 2 aromatic carbocycles. The first-order chi connectivity index (χ1) is 12.7. The highest BCUT2D eigenvalue weighted by atomic mass is 16.5. The molecule has 1 N–H and O–H groups in total. The fraction of sp³-hybridized carbons (Fsp3) is 0.150. The van der Waals surface area contributed by atoms with Gasteiger partial charge in [-0.15, -0.1) is 0 Å². The molecule has 1 heterocycles.